The summed E-state index contributed by atoms with van der Waals surface area (Å²) >= 11 is 0. The fourth-order valence-electron chi connectivity index (χ4n) is 5.53. The summed E-state index contributed by atoms with van der Waals surface area (Å²) in [7, 11) is 0. The Labute approximate surface area is 152 Å². The van der Waals surface area contributed by atoms with Gasteiger partial charge in [-0.15, -0.1) is 0 Å². The summed E-state index contributed by atoms with van der Waals surface area (Å²) in [5, 5.41) is 0. The number of pyridine rings is 1. The molecular formula is C21H23F2N3. The minimum absolute atomic E-state index is 0.0236. The smallest absolute Gasteiger partial charge is 0.162 e. The number of aromatic nitrogens is 1. The van der Waals surface area contributed by atoms with Crippen LogP contribution < -0.4 is 0 Å². The standard InChI is InChI=1S/C21H23F2N3/c22-18-5-1-4-16(19(18)23)17-13-26(12-14-3-2-8-24-11-14)20-15-6-9-25(10-7-15)21(17)20/h1-5,8,11,15,17,20-21H,6-7,9-10,12-13H2/t17-,20-,21-/m0/s1. The average molecular weight is 355 g/mol. The zero-order chi connectivity index (χ0) is 17.7. The topological polar surface area (TPSA) is 19.4 Å². The van der Waals surface area contributed by atoms with E-state index >= 15 is 0 Å². The maximum absolute atomic E-state index is 14.6. The molecule has 2 aromatic rings. The van der Waals surface area contributed by atoms with Gasteiger partial charge in [0.05, 0.1) is 0 Å². The molecule has 4 saturated heterocycles. The number of rotatable bonds is 3. The lowest BCUT2D eigenvalue weighted by molar-refractivity contribution is -0.00890. The Morgan fingerprint density at radius 1 is 1.04 bits per heavy atom. The fraction of sp³-hybridized carbons (Fsp3) is 0.476. The van der Waals surface area contributed by atoms with E-state index in [9.17, 15) is 8.78 Å². The van der Waals surface area contributed by atoms with Crippen LogP contribution in [0.2, 0.25) is 0 Å². The molecule has 0 aliphatic carbocycles. The molecule has 26 heavy (non-hydrogen) atoms. The van der Waals surface area contributed by atoms with E-state index in [-0.39, 0.29) is 12.0 Å². The maximum Gasteiger partial charge on any atom is 0.162 e. The van der Waals surface area contributed by atoms with Crippen molar-refractivity contribution >= 4 is 0 Å². The van der Waals surface area contributed by atoms with E-state index in [1.165, 1.54) is 24.5 Å². The highest BCUT2D eigenvalue weighted by molar-refractivity contribution is 5.29. The first-order valence-corrected chi connectivity index (χ1v) is 9.53. The van der Waals surface area contributed by atoms with E-state index in [0.29, 0.717) is 17.5 Å². The van der Waals surface area contributed by atoms with Gasteiger partial charge in [-0.2, -0.15) is 0 Å². The Hall–Kier alpha value is -1.85. The van der Waals surface area contributed by atoms with E-state index in [2.05, 4.69) is 20.9 Å². The number of fused-ring (bicyclic) bond motifs is 2. The van der Waals surface area contributed by atoms with Crippen LogP contribution >= 0.6 is 0 Å². The molecule has 5 heteroatoms. The minimum Gasteiger partial charge on any atom is -0.298 e. The second-order valence-electron chi connectivity index (χ2n) is 7.89. The highest BCUT2D eigenvalue weighted by Gasteiger charge is 2.53. The molecular weight excluding hydrogens is 332 g/mol. The molecule has 0 spiro atoms. The molecule has 4 aliphatic rings. The number of likely N-dealkylation sites (tertiary alicyclic amines) is 1. The third-order valence-corrected chi connectivity index (χ3v) is 6.58. The number of piperidine rings is 3. The Morgan fingerprint density at radius 2 is 1.88 bits per heavy atom. The van der Waals surface area contributed by atoms with Crippen molar-refractivity contribution in [2.45, 2.75) is 37.4 Å². The molecule has 0 unspecified atom stereocenters. The lowest BCUT2D eigenvalue weighted by atomic mass is 9.75. The van der Waals surface area contributed by atoms with Crippen LogP contribution in [0.3, 0.4) is 0 Å². The van der Waals surface area contributed by atoms with Gasteiger partial charge < -0.3 is 0 Å². The summed E-state index contributed by atoms with van der Waals surface area (Å²) in [6, 6.07) is 9.40. The molecule has 2 bridgehead atoms. The van der Waals surface area contributed by atoms with Gasteiger partial charge in [-0.05, 0) is 55.1 Å². The van der Waals surface area contributed by atoms with Crippen LogP contribution in [-0.2, 0) is 6.54 Å². The van der Waals surface area contributed by atoms with Crippen LogP contribution in [-0.4, -0.2) is 46.5 Å². The van der Waals surface area contributed by atoms with Gasteiger partial charge in [0.2, 0.25) is 0 Å². The van der Waals surface area contributed by atoms with Gasteiger partial charge >= 0.3 is 0 Å². The molecule has 6 rings (SSSR count). The molecule has 3 nitrogen and oxygen atoms in total. The fourth-order valence-corrected chi connectivity index (χ4v) is 5.53. The molecule has 0 amide bonds. The first kappa shape index (κ1) is 16.3. The maximum atomic E-state index is 14.6. The molecule has 5 heterocycles. The lowest BCUT2D eigenvalue weighted by Crippen LogP contribution is -2.60. The van der Waals surface area contributed by atoms with E-state index in [1.807, 2.05) is 12.3 Å². The van der Waals surface area contributed by atoms with Crippen molar-refractivity contribution in [2.24, 2.45) is 5.92 Å². The van der Waals surface area contributed by atoms with Gasteiger partial charge in [-0.1, -0.05) is 18.2 Å². The van der Waals surface area contributed by atoms with Crippen LogP contribution in [0.25, 0.3) is 0 Å². The highest BCUT2D eigenvalue weighted by atomic mass is 19.2. The molecule has 1 aromatic carbocycles. The summed E-state index contributed by atoms with van der Waals surface area (Å²) in [5.41, 5.74) is 1.73. The third-order valence-electron chi connectivity index (χ3n) is 6.58. The third kappa shape index (κ3) is 2.57. The monoisotopic (exact) mass is 355 g/mol. The van der Waals surface area contributed by atoms with Gasteiger partial charge in [-0.25, -0.2) is 8.78 Å². The van der Waals surface area contributed by atoms with Crippen LogP contribution in [0.5, 0.6) is 0 Å². The average Bonchev–Trinajstić information content (AvgIpc) is 3.07. The van der Waals surface area contributed by atoms with E-state index in [0.717, 1.165) is 26.2 Å². The summed E-state index contributed by atoms with van der Waals surface area (Å²) in [6.07, 6.45) is 6.12. The zero-order valence-electron chi connectivity index (χ0n) is 14.7. The summed E-state index contributed by atoms with van der Waals surface area (Å²) in [6.45, 7) is 3.77. The normalized spacial score (nSPS) is 33.4. The summed E-state index contributed by atoms with van der Waals surface area (Å²) < 4.78 is 28.5. The largest absolute Gasteiger partial charge is 0.298 e. The van der Waals surface area contributed by atoms with Crippen molar-refractivity contribution in [3.05, 3.63) is 65.5 Å². The minimum atomic E-state index is -0.735. The predicted molar refractivity (Wildman–Crippen MR) is 95.6 cm³/mol. The van der Waals surface area contributed by atoms with Gasteiger partial charge in [0.1, 0.15) is 0 Å². The van der Waals surface area contributed by atoms with Crippen LogP contribution in [0.15, 0.2) is 42.7 Å². The Balaban J connectivity index is 1.51. The predicted octanol–water partition coefficient (Wildman–Crippen LogP) is 3.42. The quantitative estimate of drug-likeness (QED) is 0.841. The van der Waals surface area contributed by atoms with Crippen molar-refractivity contribution < 1.29 is 8.78 Å². The second kappa shape index (κ2) is 6.39. The van der Waals surface area contributed by atoms with Gasteiger partial charge in [0, 0.05) is 43.5 Å². The molecule has 0 radical (unpaired) electrons. The number of hydrogen-bond donors (Lipinski definition) is 0. The first-order chi connectivity index (χ1) is 12.7. The molecule has 4 aliphatic heterocycles. The number of benzene rings is 1. The molecule has 0 saturated carbocycles. The molecule has 1 aromatic heterocycles. The van der Waals surface area contributed by atoms with Crippen molar-refractivity contribution in [2.75, 3.05) is 19.6 Å². The Morgan fingerprint density at radius 3 is 2.65 bits per heavy atom. The van der Waals surface area contributed by atoms with Crippen LogP contribution in [0, 0.1) is 17.6 Å². The van der Waals surface area contributed by atoms with E-state index in [1.54, 1.807) is 18.3 Å². The summed E-state index contributed by atoms with van der Waals surface area (Å²) in [5.74, 6) is -0.721. The number of halogens is 2. The molecule has 0 N–H and O–H groups in total. The molecule has 4 fully saturated rings. The Kier molecular flexibility index (Phi) is 4.02. The van der Waals surface area contributed by atoms with Crippen LogP contribution in [0.1, 0.15) is 29.9 Å². The first-order valence-electron chi connectivity index (χ1n) is 9.53. The summed E-state index contributed by atoms with van der Waals surface area (Å²) in [4.78, 5) is 9.24. The van der Waals surface area contributed by atoms with Crippen molar-refractivity contribution in [3.8, 4) is 0 Å². The van der Waals surface area contributed by atoms with Crippen molar-refractivity contribution in [3.63, 3.8) is 0 Å². The van der Waals surface area contributed by atoms with Gasteiger partial charge in [0.15, 0.2) is 11.6 Å². The highest BCUT2D eigenvalue weighted by Crippen LogP contribution is 2.47. The van der Waals surface area contributed by atoms with E-state index < -0.39 is 11.6 Å². The van der Waals surface area contributed by atoms with E-state index in [4.69, 9.17) is 0 Å². The zero-order valence-corrected chi connectivity index (χ0v) is 14.7. The van der Waals surface area contributed by atoms with Crippen molar-refractivity contribution in [1.29, 1.82) is 0 Å². The van der Waals surface area contributed by atoms with Gasteiger partial charge in [-0.3, -0.25) is 14.8 Å². The SMILES string of the molecule is Fc1cccc([C@@H]2CN(Cc3cccnc3)[C@H]3C4CCN(CC4)[C@@H]23)c1F. The van der Waals surface area contributed by atoms with Crippen molar-refractivity contribution in [1.82, 2.24) is 14.8 Å². The molecule has 136 valence electrons. The number of hydrogen-bond acceptors (Lipinski definition) is 3. The molecule has 3 atom stereocenters. The van der Waals surface area contributed by atoms with Gasteiger partial charge in [0.25, 0.3) is 0 Å². The van der Waals surface area contributed by atoms with Crippen LogP contribution in [0.4, 0.5) is 8.78 Å². The number of nitrogens with zero attached hydrogens (tertiary/aromatic N) is 3. The second-order valence-corrected chi connectivity index (χ2v) is 7.89. The Bertz CT molecular complexity index is 789. The lowest BCUT2D eigenvalue weighted by Gasteiger charge is -2.51.